The summed E-state index contributed by atoms with van der Waals surface area (Å²) in [5.74, 6) is 0.184. The average Bonchev–Trinajstić information content (AvgIpc) is 2.18. The molecule has 13 heavy (non-hydrogen) atoms. The topological polar surface area (TPSA) is 75.6 Å². The van der Waals surface area contributed by atoms with Gasteiger partial charge < -0.3 is 9.94 Å². The van der Waals surface area contributed by atoms with Crippen molar-refractivity contribution in [1.82, 2.24) is 4.89 Å². The van der Waals surface area contributed by atoms with Crippen molar-refractivity contribution in [3.63, 3.8) is 0 Å². The molecule has 0 aliphatic heterocycles. The van der Waals surface area contributed by atoms with Crippen LogP contribution in [-0.4, -0.2) is 20.7 Å². The summed E-state index contributed by atoms with van der Waals surface area (Å²) in [5.41, 5.74) is 0. The highest BCUT2D eigenvalue weighted by molar-refractivity contribution is 7.89. The Balaban J connectivity index is 3.29. The quantitative estimate of drug-likeness (QED) is 0.695. The molecule has 1 aromatic carbocycles. The molecule has 6 heteroatoms. The Bertz CT molecular complexity index is 387. The minimum absolute atomic E-state index is 0.0972. The van der Waals surface area contributed by atoms with E-state index in [0.717, 1.165) is 0 Å². The predicted molar refractivity (Wildman–Crippen MR) is 45.1 cm³/mol. The first-order chi connectivity index (χ1) is 6.11. The molecule has 0 unspecified atom stereocenters. The fourth-order valence-corrected chi connectivity index (χ4v) is 1.66. The summed E-state index contributed by atoms with van der Waals surface area (Å²) in [7, 11) is -2.51. The predicted octanol–water partition coefficient (Wildman–Crippen LogP) is 0.363. The molecule has 0 aromatic heterocycles. The molecule has 1 aromatic rings. The van der Waals surface area contributed by atoms with Crippen LogP contribution in [0, 0.1) is 0 Å². The molecule has 2 N–H and O–H groups in total. The van der Waals surface area contributed by atoms with Gasteiger partial charge in [0.05, 0.1) is 7.11 Å². The van der Waals surface area contributed by atoms with Gasteiger partial charge in [0.15, 0.2) is 0 Å². The van der Waals surface area contributed by atoms with Crippen molar-refractivity contribution in [2.45, 2.75) is 4.90 Å². The van der Waals surface area contributed by atoms with Crippen molar-refractivity contribution in [2.24, 2.45) is 0 Å². The lowest BCUT2D eigenvalue weighted by atomic mass is 10.3. The number of ether oxygens (including phenoxy) is 1. The number of nitrogens with one attached hydrogen (secondary N) is 1. The Hall–Kier alpha value is -1.11. The van der Waals surface area contributed by atoms with E-state index in [1.807, 2.05) is 0 Å². The largest absolute Gasteiger partial charge is 0.495 e. The van der Waals surface area contributed by atoms with Crippen LogP contribution < -0.4 is 9.62 Å². The van der Waals surface area contributed by atoms with Gasteiger partial charge in [-0.05, 0) is 12.1 Å². The Kier molecular flexibility index (Phi) is 2.86. The second-order valence-corrected chi connectivity index (χ2v) is 3.87. The molecule has 0 fully saturated rings. The van der Waals surface area contributed by atoms with Crippen molar-refractivity contribution in [1.29, 1.82) is 0 Å². The fraction of sp³-hybridized carbons (Fsp3) is 0.143. The number of methoxy groups -OCH3 is 1. The van der Waals surface area contributed by atoms with E-state index in [4.69, 9.17) is 9.94 Å². The summed E-state index contributed by atoms with van der Waals surface area (Å²) in [4.78, 5) is 1.13. The molecule has 0 atom stereocenters. The van der Waals surface area contributed by atoms with E-state index in [0.29, 0.717) is 0 Å². The van der Waals surface area contributed by atoms with Crippen LogP contribution in [0.5, 0.6) is 5.75 Å². The molecule has 0 aliphatic rings. The van der Waals surface area contributed by atoms with E-state index in [1.54, 1.807) is 6.07 Å². The average molecular weight is 203 g/mol. The van der Waals surface area contributed by atoms with Gasteiger partial charge in [0.2, 0.25) is 0 Å². The molecule has 0 heterocycles. The highest BCUT2D eigenvalue weighted by Crippen LogP contribution is 2.21. The first-order valence-electron chi connectivity index (χ1n) is 3.40. The molecule has 0 aliphatic carbocycles. The van der Waals surface area contributed by atoms with Crippen LogP contribution in [-0.2, 0) is 10.0 Å². The molecule has 0 saturated carbocycles. The van der Waals surface area contributed by atoms with Gasteiger partial charge in [0.1, 0.15) is 10.6 Å². The summed E-state index contributed by atoms with van der Waals surface area (Å²) in [6.45, 7) is 0. The van der Waals surface area contributed by atoms with E-state index < -0.39 is 10.0 Å². The molecule has 0 radical (unpaired) electrons. The molecule has 0 amide bonds. The van der Waals surface area contributed by atoms with Crippen LogP contribution in [0.1, 0.15) is 0 Å². The van der Waals surface area contributed by atoms with Crippen molar-refractivity contribution >= 4 is 10.0 Å². The molecule has 0 saturated heterocycles. The molecule has 0 spiro atoms. The maximum atomic E-state index is 11.1. The van der Waals surface area contributed by atoms with E-state index in [2.05, 4.69) is 0 Å². The summed E-state index contributed by atoms with van der Waals surface area (Å²) >= 11 is 0. The van der Waals surface area contributed by atoms with Gasteiger partial charge in [-0.25, -0.2) is 8.42 Å². The van der Waals surface area contributed by atoms with Gasteiger partial charge >= 0.3 is 0 Å². The normalized spacial score (nSPS) is 11.2. The monoisotopic (exact) mass is 203 g/mol. The second-order valence-electron chi connectivity index (χ2n) is 2.25. The number of para-hydroxylation sites is 1. The van der Waals surface area contributed by atoms with Crippen molar-refractivity contribution < 1.29 is 18.4 Å². The third-order valence-electron chi connectivity index (χ3n) is 1.48. The molecular formula is C7H9NO4S. The lowest BCUT2D eigenvalue weighted by Crippen LogP contribution is -2.19. The summed E-state index contributed by atoms with van der Waals surface area (Å²) in [6.07, 6.45) is 0. The van der Waals surface area contributed by atoms with Crippen molar-refractivity contribution in [3.05, 3.63) is 24.3 Å². The first-order valence-corrected chi connectivity index (χ1v) is 4.89. The SMILES string of the molecule is COc1ccccc1S(=O)(=O)NO. The number of sulfonamides is 1. The van der Waals surface area contributed by atoms with Gasteiger partial charge in [-0.3, -0.25) is 0 Å². The van der Waals surface area contributed by atoms with E-state index in [9.17, 15) is 8.42 Å². The van der Waals surface area contributed by atoms with Gasteiger partial charge in [0, 0.05) is 0 Å². The number of hydrogen-bond donors (Lipinski definition) is 2. The van der Waals surface area contributed by atoms with Crippen LogP contribution >= 0.6 is 0 Å². The molecule has 1 rings (SSSR count). The summed E-state index contributed by atoms with van der Waals surface area (Å²) < 4.78 is 27.1. The van der Waals surface area contributed by atoms with Gasteiger partial charge in [-0.2, -0.15) is 0 Å². The van der Waals surface area contributed by atoms with E-state index >= 15 is 0 Å². The Morgan fingerprint density at radius 2 is 2.00 bits per heavy atom. The van der Waals surface area contributed by atoms with Crippen LogP contribution in [0.25, 0.3) is 0 Å². The molecule has 5 nitrogen and oxygen atoms in total. The molecule has 72 valence electrons. The Labute approximate surface area is 76.0 Å². The van der Waals surface area contributed by atoms with Crippen LogP contribution in [0.3, 0.4) is 0 Å². The number of benzene rings is 1. The highest BCUT2D eigenvalue weighted by atomic mass is 32.2. The summed E-state index contributed by atoms with van der Waals surface area (Å²) in [6, 6.07) is 5.99. The smallest absolute Gasteiger partial charge is 0.265 e. The number of rotatable bonds is 3. The maximum Gasteiger partial charge on any atom is 0.265 e. The minimum Gasteiger partial charge on any atom is -0.495 e. The Morgan fingerprint density at radius 1 is 1.38 bits per heavy atom. The zero-order valence-electron chi connectivity index (χ0n) is 6.89. The zero-order valence-corrected chi connectivity index (χ0v) is 7.71. The third-order valence-corrected chi connectivity index (χ3v) is 2.64. The van der Waals surface area contributed by atoms with Crippen molar-refractivity contribution in [2.75, 3.05) is 7.11 Å². The third kappa shape index (κ3) is 1.97. The standard InChI is InChI=1S/C7H9NO4S/c1-12-6-4-2-3-5-7(6)13(10,11)8-9/h2-5,8-9H,1H3. The van der Waals surface area contributed by atoms with Crippen LogP contribution in [0.2, 0.25) is 0 Å². The van der Waals surface area contributed by atoms with Gasteiger partial charge in [-0.1, -0.05) is 17.0 Å². The highest BCUT2D eigenvalue weighted by Gasteiger charge is 2.16. The van der Waals surface area contributed by atoms with Crippen LogP contribution in [0.15, 0.2) is 29.2 Å². The Morgan fingerprint density at radius 3 is 2.54 bits per heavy atom. The summed E-state index contributed by atoms with van der Waals surface area (Å²) in [5, 5.41) is 8.37. The second kappa shape index (κ2) is 3.73. The minimum atomic E-state index is -3.86. The molecule has 0 bridgehead atoms. The van der Waals surface area contributed by atoms with Crippen molar-refractivity contribution in [3.8, 4) is 5.75 Å². The maximum absolute atomic E-state index is 11.1. The van der Waals surface area contributed by atoms with Gasteiger partial charge in [0.25, 0.3) is 10.0 Å². The van der Waals surface area contributed by atoms with E-state index in [-0.39, 0.29) is 10.6 Å². The molecular weight excluding hydrogens is 194 g/mol. The number of hydrogen-bond acceptors (Lipinski definition) is 4. The van der Waals surface area contributed by atoms with Gasteiger partial charge in [-0.15, -0.1) is 0 Å². The lowest BCUT2D eigenvalue weighted by molar-refractivity contribution is 0.242. The first kappa shape index (κ1) is 9.97. The van der Waals surface area contributed by atoms with Crippen LogP contribution in [0.4, 0.5) is 0 Å². The zero-order chi connectivity index (χ0) is 9.90. The van der Waals surface area contributed by atoms with E-state index in [1.165, 1.54) is 30.2 Å². The fourth-order valence-electron chi connectivity index (χ4n) is 0.890. The lowest BCUT2D eigenvalue weighted by Gasteiger charge is -2.06.